The molecular formula is C27H26ClF3N2O2. The first-order valence-electron chi connectivity index (χ1n) is 11.0. The van der Waals surface area contributed by atoms with Gasteiger partial charge < -0.3 is 14.6 Å². The SMILES string of the molecule is C=C(/C=C(\C=C/C)C(F)(F)F)CNCc1cc2ccc(Cl)cc2n(CCOc2ccccc2)c1=O. The molecule has 4 nitrogen and oxygen atoms in total. The number of hydrogen-bond donors (Lipinski definition) is 1. The van der Waals surface area contributed by atoms with Crippen LogP contribution in [-0.2, 0) is 13.1 Å². The van der Waals surface area contributed by atoms with Gasteiger partial charge >= 0.3 is 6.18 Å². The van der Waals surface area contributed by atoms with Gasteiger partial charge in [0.05, 0.1) is 17.6 Å². The van der Waals surface area contributed by atoms with Crippen LogP contribution in [0.3, 0.4) is 0 Å². The van der Waals surface area contributed by atoms with Crippen LogP contribution in [0.4, 0.5) is 13.2 Å². The van der Waals surface area contributed by atoms with Crippen molar-refractivity contribution in [1.82, 2.24) is 9.88 Å². The number of fused-ring (bicyclic) bond motifs is 1. The Kier molecular flexibility index (Phi) is 8.95. The second-order valence-electron chi connectivity index (χ2n) is 7.85. The number of para-hydroxylation sites is 1. The summed E-state index contributed by atoms with van der Waals surface area (Å²) in [7, 11) is 0. The lowest BCUT2D eigenvalue weighted by Gasteiger charge is -2.15. The van der Waals surface area contributed by atoms with Gasteiger partial charge in [0.25, 0.3) is 5.56 Å². The number of nitrogens with one attached hydrogen (secondary N) is 1. The molecule has 184 valence electrons. The highest BCUT2D eigenvalue weighted by atomic mass is 35.5. The smallest absolute Gasteiger partial charge is 0.416 e. The van der Waals surface area contributed by atoms with E-state index in [0.29, 0.717) is 28.4 Å². The molecule has 1 N–H and O–H groups in total. The molecule has 2 aromatic carbocycles. The Morgan fingerprint density at radius 1 is 1.17 bits per heavy atom. The van der Waals surface area contributed by atoms with E-state index in [9.17, 15) is 18.0 Å². The minimum atomic E-state index is -4.47. The third kappa shape index (κ3) is 7.34. The predicted octanol–water partition coefficient (Wildman–Crippen LogP) is 6.44. The van der Waals surface area contributed by atoms with Crippen LogP contribution in [0.15, 0.2) is 95.3 Å². The predicted molar refractivity (Wildman–Crippen MR) is 135 cm³/mol. The van der Waals surface area contributed by atoms with Crippen molar-refractivity contribution in [3.05, 3.63) is 111 Å². The highest BCUT2D eigenvalue weighted by Crippen LogP contribution is 2.27. The van der Waals surface area contributed by atoms with Crippen molar-refractivity contribution < 1.29 is 17.9 Å². The summed E-state index contributed by atoms with van der Waals surface area (Å²) in [5, 5.41) is 4.34. The summed E-state index contributed by atoms with van der Waals surface area (Å²) >= 11 is 6.17. The number of allylic oxidation sites excluding steroid dienone is 3. The van der Waals surface area contributed by atoms with Crippen molar-refractivity contribution >= 4 is 22.5 Å². The molecule has 3 aromatic rings. The van der Waals surface area contributed by atoms with Gasteiger partial charge in [0.2, 0.25) is 0 Å². The molecule has 0 saturated heterocycles. The van der Waals surface area contributed by atoms with E-state index in [1.807, 2.05) is 36.4 Å². The monoisotopic (exact) mass is 502 g/mol. The number of benzene rings is 2. The summed E-state index contributed by atoms with van der Waals surface area (Å²) in [5.74, 6) is 0.698. The second-order valence-corrected chi connectivity index (χ2v) is 8.29. The molecule has 0 aliphatic carbocycles. The van der Waals surface area contributed by atoms with Gasteiger partial charge in [-0.2, -0.15) is 13.2 Å². The summed E-state index contributed by atoms with van der Waals surface area (Å²) in [5.41, 5.74) is 0.391. The fraction of sp³-hybridized carbons (Fsp3) is 0.222. The maximum Gasteiger partial charge on any atom is 0.416 e. The number of rotatable bonds is 10. The van der Waals surface area contributed by atoms with Gasteiger partial charge in [-0.1, -0.05) is 54.6 Å². The van der Waals surface area contributed by atoms with Gasteiger partial charge in [-0.15, -0.1) is 0 Å². The normalized spacial score (nSPS) is 12.4. The lowest BCUT2D eigenvalue weighted by Crippen LogP contribution is -2.29. The zero-order valence-electron chi connectivity index (χ0n) is 19.2. The topological polar surface area (TPSA) is 43.3 Å². The summed E-state index contributed by atoms with van der Waals surface area (Å²) in [6.07, 6.45) is -1.15. The van der Waals surface area contributed by atoms with Crippen molar-refractivity contribution in [3.8, 4) is 5.75 Å². The van der Waals surface area contributed by atoms with E-state index in [1.165, 1.54) is 13.0 Å². The minimum absolute atomic E-state index is 0.0896. The summed E-state index contributed by atoms with van der Waals surface area (Å²) in [6.45, 7) is 6.04. The molecule has 0 saturated carbocycles. The van der Waals surface area contributed by atoms with E-state index < -0.39 is 11.7 Å². The van der Waals surface area contributed by atoms with Gasteiger partial charge in [-0.25, -0.2) is 0 Å². The zero-order chi connectivity index (χ0) is 25.4. The number of hydrogen-bond acceptors (Lipinski definition) is 3. The molecule has 0 aliphatic heterocycles. The summed E-state index contributed by atoms with van der Waals surface area (Å²) in [6, 6.07) is 16.3. The number of alkyl halides is 3. The number of aromatic nitrogens is 1. The molecule has 1 aromatic heterocycles. The molecule has 0 radical (unpaired) electrons. The fourth-order valence-corrected chi connectivity index (χ4v) is 3.72. The van der Waals surface area contributed by atoms with Crippen molar-refractivity contribution in [2.75, 3.05) is 13.2 Å². The minimum Gasteiger partial charge on any atom is -0.492 e. The highest BCUT2D eigenvalue weighted by Gasteiger charge is 2.31. The number of pyridine rings is 1. The molecule has 0 unspecified atom stereocenters. The van der Waals surface area contributed by atoms with Crippen molar-refractivity contribution in [2.24, 2.45) is 0 Å². The standard InChI is InChI=1S/C27H26ClF3N2O2/c1-3-7-22(27(29,30)31)14-19(2)17-32-18-21-15-20-10-11-23(28)16-25(20)33(26(21)34)12-13-35-24-8-5-4-6-9-24/h3-11,14-16,32H,2,12-13,17-18H2,1H3/b7-3-,22-14+. The lowest BCUT2D eigenvalue weighted by molar-refractivity contribution is -0.0882. The largest absolute Gasteiger partial charge is 0.492 e. The molecule has 0 atom stereocenters. The van der Waals surface area contributed by atoms with E-state index in [2.05, 4.69) is 11.9 Å². The van der Waals surface area contributed by atoms with Crippen LogP contribution in [0.1, 0.15) is 12.5 Å². The Hall–Kier alpha value is -3.29. The van der Waals surface area contributed by atoms with Crippen LogP contribution in [0.5, 0.6) is 5.75 Å². The van der Waals surface area contributed by atoms with Crippen LogP contribution in [0, 0.1) is 0 Å². The van der Waals surface area contributed by atoms with Gasteiger partial charge in [0, 0.05) is 23.7 Å². The molecule has 1 heterocycles. The maximum absolute atomic E-state index is 13.2. The third-order valence-corrected chi connectivity index (χ3v) is 5.40. The number of halogens is 4. The summed E-state index contributed by atoms with van der Waals surface area (Å²) in [4.78, 5) is 13.2. The van der Waals surface area contributed by atoms with Crippen LogP contribution in [0.25, 0.3) is 10.9 Å². The van der Waals surface area contributed by atoms with E-state index in [0.717, 1.165) is 17.5 Å². The fourth-order valence-electron chi connectivity index (χ4n) is 3.56. The van der Waals surface area contributed by atoms with Crippen molar-refractivity contribution in [3.63, 3.8) is 0 Å². The van der Waals surface area contributed by atoms with E-state index in [4.69, 9.17) is 16.3 Å². The van der Waals surface area contributed by atoms with Gasteiger partial charge in [-0.05, 0) is 54.3 Å². The Morgan fingerprint density at radius 2 is 1.91 bits per heavy atom. The van der Waals surface area contributed by atoms with Crippen molar-refractivity contribution in [1.29, 1.82) is 0 Å². The van der Waals surface area contributed by atoms with Gasteiger partial charge in [0.15, 0.2) is 0 Å². The molecule has 3 rings (SSSR count). The Morgan fingerprint density at radius 3 is 2.60 bits per heavy atom. The maximum atomic E-state index is 13.2. The quantitative estimate of drug-likeness (QED) is 0.324. The molecule has 8 heteroatoms. The molecular weight excluding hydrogens is 477 g/mol. The van der Waals surface area contributed by atoms with Crippen LogP contribution in [0.2, 0.25) is 5.02 Å². The molecule has 0 amide bonds. The average molecular weight is 503 g/mol. The molecule has 0 aliphatic rings. The number of nitrogens with zero attached hydrogens (tertiary/aromatic N) is 1. The van der Waals surface area contributed by atoms with E-state index >= 15 is 0 Å². The Bertz CT molecular complexity index is 1300. The Labute approximate surface area is 207 Å². The van der Waals surface area contributed by atoms with E-state index in [-0.39, 0.29) is 30.8 Å². The zero-order valence-corrected chi connectivity index (χ0v) is 20.0. The third-order valence-electron chi connectivity index (χ3n) is 5.16. The lowest BCUT2D eigenvalue weighted by atomic mass is 10.1. The van der Waals surface area contributed by atoms with Gasteiger partial charge in [-0.3, -0.25) is 4.79 Å². The first-order valence-corrected chi connectivity index (χ1v) is 11.4. The molecule has 35 heavy (non-hydrogen) atoms. The molecule has 0 fully saturated rings. The van der Waals surface area contributed by atoms with Gasteiger partial charge in [0.1, 0.15) is 12.4 Å². The highest BCUT2D eigenvalue weighted by molar-refractivity contribution is 6.31. The molecule has 0 bridgehead atoms. The molecule has 0 spiro atoms. The average Bonchev–Trinajstić information content (AvgIpc) is 2.81. The first-order chi connectivity index (χ1) is 16.7. The number of ether oxygens (including phenoxy) is 1. The summed E-state index contributed by atoms with van der Waals surface area (Å²) < 4.78 is 46.6. The van der Waals surface area contributed by atoms with E-state index in [1.54, 1.807) is 22.8 Å². The first kappa shape index (κ1) is 26.3. The second kappa shape index (κ2) is 11.9. The van der Waals surface area contributed by atoms with Crippen LogP contribution in [-0.4, -0.2) is 23.9 Å². The van der Waals surface area contributed by atoms with Crippen molar-refractivity contribution in [2.45, 2.75) is 26.2 Å². The van der Waals surface area contributed by atoms with Crippen LogP contribution < -0.4 is 15.6 Å². The van der Waals surface area contributed by atoms with Crippen LogP contribution >= 0.6 is 11.6 Å². The Balaban J connectivity index is 1.77.